The molecule has 1 saturated heterocycles. The van der Waals surface area contributed by atoms with Gasteiger partial charge in [-0.25, -0.2) is 9.69 Å². The molecule has 0 spiro atoms. The number of carbonyl (C=O) groups is 3. The summed E-state index contributed by atoms with van der Waals surface area (Å²) in [5, 5.41) is 2.32. The second-order valence-corrected chi connectivity index (χ2v) is 10.4. The number of barbiturate groups is 1. The van der Waals surface area contributed by atoms with Crippen LogP contribution in [0.3, 0.4) is 0 Å². The topological polar surface area (TPSA) is 80.6 Å². The van der Waals surface area contributed by atoms with Gasteiger partial charge in [-0.15, -0.1) is 0 Å². The van der Waals surface area contributed by atoms with Crippen LogP contribution in [0, 0.1) is 0 Å². The van der Waals surface area contributed by atoms with Crippen LogP contribution in [0.1, 0.15) is 5.56 Å². The Morgan fingerprint density at radius 2 is 1.33 bits per heavy atom. The number of carbonyl (C=O) groups excluding carboxylic acids is 3. The quantitative estimate of drug-likeness (QED) is 0.161. The zero-order valence-electron chi connectivity index (χ0n) is 22.5. The third kappa shape index (κ3) is 5.04. The second kappa shape index (κ2) is 11.3. The van der Waals surface area contributed by atoms with Crippen LogP contribution < -0.4 is 15.0 Å². The predicted octanol–water partition coefficient (Wildman–Crippen LogP) is 7.25. The lowest BCUT2D eigenvalue weighted by Gasteiger charge is -2.26. The van der Waals surface area contributed by atoms with Crippen molar-refractivity contribution in [2.75, 3.05) is 12.0 Å². The van der Waals surface area contributed by atoms with Crippen molar-refractivity contribution in [3.8, 4) is 34.0 Å². The van der Waals surface area contributed by atoms with Crippen LogP contribution in [0.4, 0.5) is 10.5 Å². The highest BCUT2D eigenvalue weighted by Gasteiger charge is 2.37. The van der Waals surface area contributed by atoms with E-state index in [0.29, 0.717) is 17.0 Å². The highest BCUT2D eigenvalue weighted by Crippen LogP contribution is 2.38. The molecule has 1 aliphatic rings. The summed E-state index contributed by atoms with van der Waals surface area (Å²) in [4.78, 5) is 40.7. The van der Waals surface area contributed by atoms with Crippen molar-refractivity contribution < 1.29 is 19.1 Å². The van der Waals surface area contributed by atoms with Crippen molar-refractivity contribution in [3.63, 3.8) is 0 Å². The molecule has 1 fully saturated rings. The summed E-state index contributed by atoms with van der Waals surface area (Å²) < 4.78 is 8.25. The minimum atomic E-state index is -0.812. The molecule has 0 atom stereocenters. The molecule has 6 rings (SSSR count). The van der Waals surface area contributed by atoms with Crippen LogP contribution in [0.15, 0.2) is 125 Å². The van der Waals surface area contributed by atoms with Gasteiger partial charge in [-0.2, -0.15) is 0 Å². The molecule has 2 heterocycles. The number of hydrogen-bond donors (Lipinski definition) is 1. The molecule has 1 aliphatic heterocycles. The van der Waals surface area contributed by atoms with Gasteiger partial charge in [-0.3, -0.25) is 14.9 Å². The number of hydrogen-bond acceptors (Lipinski definition) is 4. The van der Waals surface area contributed by atoms with Crippen LogP contribution >= 0.6 is 15.9 Å². The summed E-state index contributed by atoms with van der Waals surface area (Å²) in [6, 6.07) is 35.3. The number of rotatable bonds is 6. The molecule has 7 nitrogen and oxygen atoms in total. The first-order valence-corrected chi connectivity index (χ1v) is 13.9. The first-order chi connectivity index (χ1) is 20.4. The predicted molar refractivity (Wildman–Crippen MR) is 166 cm³/mol. The standard InChI is InChI=1S/C34H24BrN3O4/c1-42-28-18-16-27(17-19-28)38-33(40)29(32(39)36-34(38)41)20-24-21-30(22-8-4-2-5-9-22)37(26-14-12-25(35)13-15-26)31(24)23-10-6-3-7-11-23/h2-21H,1H3,(H,36,39,41). The normalized spacial score (nSPS) is 14.3. The summed E-state index contributed by atoms with van der Waals surface area (Å²) in [6.07, 6.45) is 1.56. The van der Waals surface area contributed by atoms with Crippen molar-refractivity contribution in [1.29, 1.82) is 0 Å². The van der Waals surface area contributed by atoms with Crippen molar-refractivity contribution in [1.82, 2.24) is 9.88 Å². The molecule has 8 heteroatoms. The Bertz CT molecular complexity index is 1830. The smallest absolute Gasteiger partial charge is 0.335 e. The summed E-state index contributed by atoms with van der Waals surface area (Å²) in [5.74, 6) is -0.900. The van der Waals surface area contributed by atoms with E-state index in [4.69, 9.17) is 4.74 Å². The Balaban J connectivity index is 1.57. The first kappa shape index (κ1) is 27.0. The SMILES string of the molecule is COc1ccc(N2C(=O)NC(=O)C(=Cc3cc(-c4ccccc4)n(-c4ccc(Br)cc4)c3-c3ccccc3)C2=O)cc1. The lowest BCUT2D eigenvalue weighted by molar-refractivity contribution is -0.122. The largest absolute Gasteiger partial charge is 0.497 e. The highest BCUT2D eigenvalue weighted by atomic mass is 79.9. The number of ether oxygens (including phenoxy) is 1. The second-order valence-electron chi connectivity index (χ2n) is 9.53. The van der Waals surface area contributed by atoms with Crippen LogP contribution in [-0.4, -0.2) is 29.5 Å². The van der Waals surface area contributed by atoms with Gasteiger partial charge in [-0.1, -0.05) is 76.6 Å². The zero-order valence-corrected chi connectivity index (χ0v) is 24.0. The van der Waals surface area contributed by atoms with E-state index in [0.717, 1.165) is 37.6 Å². The van der Waals surface area contributed by atoms with E-state index in [1.54, 1.807) is 30.3 Å². The summed E-state index contributed by atoms with van der Waals surface area (Å²) in [7, 11) is 1.53. The van der Waals surface area contributed by atoms with Crippen LogP contribution in [0.5, 0.6) is 5.75 Å². The molecule has 42 heavy (non-hydrogen) atoms. The third-order valence-corrected chi connectivity index (χ3v) is 7.49. The Morgan fingerprint density at radius 3 is 1.95 bits per heavy atom. The summed E-state index contributed by atoms with van der Waals surface area (Å²) >= 11 is 3.53. The maximum absolute atomic E-state index is 13.8. The molecule has 0 saturated carbocycles. The van der Waals surface area contributed by atoms with Gasteiger partial charge in [-0.05, 0) is 71.8 Å². The van der Waals surface area contributed by atoms with E-state index in [9.17, 15) is 14.4 Å². The van der Waals surface area contributed by atoms with E-state index in [-0.39, 0.29) is 5.57 Å². The molecular weight excluding hydrogens is 594 g/mol. The van der Waals surface area contributed by atoms with Crippen molar-refractivity contribution in [2.45, 2.75) is 0 Å². The number of amides is 4. The van der Waals surface area contributed by atoms with Gasteiger partial charge < -0.3 is 9.30 Å². The molecule has 0 bridgehead atoms. The fourth-order valence-corrected chi connectivity index (χ4v) is 5.25. The fraction of sp³-hybridized carbons (Fsp3) is 0.0294. The lowest BCUT2D eigenvalue weighted by atomic mass is 10.0. The molecule has 4 amide bonds. The van der Waals surface area contributed by atoms with Gasteiger partial charge in [0.15, 0.2) is 0 Å². The number of methoxy groups -OCH3 is 1. The minimum Gasteiger partial charge on any atom is -0.497 e. The van der Waals surface area contributed by atoms with Crippen molar-refractivity contribution >= 4 is 45.5 Å². The molecule has 0 aliphatic carbocycles. The van der Waals surface area contributed by atoms with E-state index >= 15 is 0 Å². The number of urea groups is 1. The van der Waals surface area contributed by atoms with Crippen LogP contribution in [-0.2, 0) is 9.59 Å². The molecule has 1 N–H and O–H groups in total. The zero-order chi connectivity index (χ0) is 29.2. The van der Waals surface area contributed by atoms with Gasteiger partial charge in [0, 0.05) is 15.7 Å². The fourth-order valence-electron chi connectivity index (χ4n) is 4.99. The Kier molecular flexibility index (Phi) is 7.29. The van der Waals surface area contributed by atoms with Gasteiger partial charge in [0.1, 0.15) is 11.3 Å². The van der Waals surface area contributed by atoms with E-state index in [1.165, 1.54) is 7.11 Å². The molecule has 206 valence electrons. The lowest BCUT2D eigenvalue weighted by Crippen LogP contribution is -2.54. The average molecular weight is 618 g/mol. The monoisotopic (exact) mass is 617 g/mol. The minimum absolute atomic E-state index is 0.157. The van der Waals surface area contributed by atoms with E-state index in [1.807, 2.05) is 91.0 Å². The number of nitrogens with one attached hydrogen (secondary N) is 1. The van der Waals surface area contributed by atoms with Crippen LogP contribution in [0.2, 0.25) is 0 Å². The highest BCUT2D eigenvalue weighted by molar-refractivity contribution is 9.10. The first-order valence-electron chi connectivity index (χ1n) is 13.1. The van der Waals surface area contributed by atoms with E-state index < -0.39 is 17.8 Å². The number of halogens is 1. The number of anilines is 1. The van der Waals surface area contributed by atoms with Crippen LogP contribution in [0.25, 0.3) is 34.3 Å². The summed E-state index contributed by atoms with van der Waals surface area (Å²) in [6.45, 7) is 0. The summed E-state index contributed by atoms with van der Waals surface area (Å²) in [5.41, 5.74) is 5.21. The van der Waals surface area contributed by atoms with Crippen molar-refractivity contribution in [2.24, 2.45) is 0 Å². The van der Waals surface area contributed by atoms with Gasteiger partial charge in [0.05, 0.1) is 24.2 Å². The number of nitrogens with zero attached hydrogens (tertiary/aromatic N) is 2. The van der Waals surface area contributed by atoms with Gasteiger partial charge >= 0.3 is 6.03 Å². The third-order valence-electron chi connectivity index (χ3n) is 6.96. The Labute approximate surface area is 250 Å². The molecule has 0 radical (unpaired) electrons. The average Bonchev–Trinajstić information content (AvgIpc) is 3.40. The Hall–Kier alpha value is -5.21. The maximum Gasteiger partial charge on any atom is 0.335 e. The molecule has 1 aromatic heterocycles. The van der Waals surface area contributed by atoms with E-state index in [2.05, 4.69) is 25.8 Å². The number of benzene rings is 4. The number of aromatic nitrogens is 1. The Morgan fingerprint density at radius 1 is 0.738 bits per heavy atom. The molecule has 4 aromatic carbocycles. The van der Waals surface area contributed by atoms with Gasteiger partial charge in [0.25, 0.3) is 11.8 Å². The van der Waals surface area contributed by atoms with Crippen molar-refractivity contribution in [3.05, 3.63) is 131 Å². The van der Waals surface area contributed by atoms with Gasteiger partial charge in [0.2, 0.25) is 0 Å². The molecular formula is C34H24BrN3O4. The maximum atomic E-state index is 13.8. The number of imide groups is 2. The molecule has 0 unspecified atom stereocenters. The molecule has 5 aromatic rings.